The van der Waals surface area contributed by atoms with Gasteiger partial charge in [0.15, 0.2) is 5.82 Å². The molecule has 0 aliphatic heterocycles. The third-order valence-electron chi connectivity index (χ3n) is 12.5. The van der Waals surface area contributed by atoms with Crippen molar-refractivity contribution in [1.29, 1.82) is 0 Å². The zero-order chi connectivity index (χ0) is 41.4. The van der Waals surface area contributed by atoms with Crippen LogP contribution in [0, 0.1) is 0 Å². The Labute approximate surface area is 362 Å². The highest BCUT2D eigenvalue weighted by atomic mass is 16.3. The normalized spacial score (nSPS) is 11.8. The summed E-state index contributed by atoms with van der Waals surface area (Å²) in [5.74, 6) is 0.685. The van der Waals surface area contributed by atoms with Crippen LogP contribution < -0.4 is 0 Å². The van der Waals surface area contributed by atoms with Crippen LogP contribution in [-0.4, -0.2) is 19.1 Å². The van der Waals surface area contributed by atoms with Crippen LogP contribution >= 0.6 is 0 Å². The molecule has 0 spiro atoms. The molecule has 9 aromatic carbocycles. The third-order valence-corrected chi connectivity index (χ3v) is 12.5. The minimum Gasteiger partial charge on any atom is -0.456 e. The first kappa shape index (κ1) is 35.2. The van der Waals surface area contributed by atoms with E-state index in [0.717, 1.165) is 72.4 Å². The van der Waals surface area contributed by atoms with Crippen molar-refractivity contribution in [3.05, 3.63) is 218 Å². The minimum absolute atomic E-state index is 0.685. The molecular weight excluding hydrogens is 769 g/mol. The average molecular weight is 805 g/mol. The molecule has 13 rings (SSSR count). The second kappa shape index (κ2) is 14.0. The Morgan fingerprint density at radius 3 is 1.54 bits per heavy atom. The number of furan rings is 1. The van der Waals surface area contributed by atoms with Gasteiger partial charge >= 0.3 is 0 Å². The van der Waals surface area contributed by atoms with Crippen LogP contribution in [0.1, 0.15) is 0 Å². The van der Waals surface area contributed by atoms with Gasteiger partial charge in [-0.15, -0.1) is 0 Å². The van der Waals surface area contributed by atoms with Crippen LogP contribution in [0.2, 0.25) is 0 Å². The highest BCUT2D eigenvalue weighted by Crippen LogP contribution is 2.41. The van der Waals surface area contributed by atoms with Gasteiger partial charge in [0, 0.05) is 66.4 Å². The molecule has 0 aliphatic rings. The topological polar surface area (TPSA) is 48.8 Å². The first-order chi connectivity index (χ1) is 31.2. The lowest BCUT2D eigenvalue weighted by molar-refractivity contribution is 0.668. The van der Waals surface area contributed by atoms with Gasteiger partial charge in [0.05, 0.1) is 33.5 Å². The van der Waals surface area contributed by atoms with Gasteiger partial charge in [-0.1, -0.05) is 140 Å². The van der Waals surface area contributed by atoms with Crippen molar-refractivity contribution in [3.8, 4) is 56.4 Å². The van der Waals surface area contributed by atoms with Crippen LogP contribution in [-0.2, 0) is 0 Å². The number of nitrogens with zero attached hydrogens (tertiary/aromatic N) is 4. The van der Waals surface area contributed by atoms with Gasteiger partial charge < -0.3 is 13.6 Å². The van der Waals surface area contributed by atoms with Gasteiger partial charge in [0.25, 0.3) is 0 Å². The molecule has 294 valence electrons. The number of rotatable bonds is 6. The zero-order valence-electron chi connectivity index (χ0n) is 34.0. The van der Waals surface area contributed by atoms with Crippen molar-refractivity contribution in [3.63, 3.8) is 0 Å². The molecule has 0 amide bonds. The Balaban J connectivity index is 0.942. The van der Waals surface area contributed by atoms with Crippen molar-refractivity contribution in [2.45, 2.75) is 0 Å². The maximum absolute atomic E-state index is 6.72. The summed E-state index contributed by atoms with van der Waals surface area (Å²) in [6.45, 7) is 0. The highest BCUT2D eigenvalue weighted by Gasteiger charge is 2.20. The van der Waals surface area contributed by atoms with Crippen LogP contribution in [0.3, 0.4) is 0 Å². The molecule has 5 nitrogen and oxygen atoms in total. The van der Waals surface area contributed by atoms with E-state index < -0.39 is 0 Å². The summed E-state index contributed by atoms with van der Waals surface area (Å²) in [6, 6.07) is 77.2. The van der Waals surface area contributed by atoms with Gasteiger partial charge in [0.1, 0.15) is 11.2 Å². The molecule has 0 bridgehead atoms. The van der Waals surface area contributed by atoms with Gasteiger partial charge in [-0.3, -0.25) is 0 Å². The third kappa shape index (κ3) is 5.64. The van der Waals surface area contributed by atoms with Crippen LogP contribution in [0.15, 0.2) is 223 Å². The van der Waals surface area contributed by atoms with Crippen molar-refractivity contribution in [2.24, 2.45) is 0 Å². The Morgan fingerprint density at radius 1 is 0.317 bits per heavy atom. The van der Waals surface area contributed by atoms with E-state index in [-0.39, 0.29) is 0 Å². The van der Waals surface area contributed by atoms with Crippen molar-refractivity contribution >= 4 is 65.6 Å². The Hall–Kier alpha value is -8.54. The number of aromatic nitrogens is 4. The van der Waals surface area contributed by atoms with Crippen molar-refractivity contribution in [2.75, 3.05) is 0 Å². The van der Waals surface area contributed by atoms with E-state index in [1.165, 1.54) is 43.7 Å². The maximum Gasteiger partial charge on any atom is 0.160 e. The highest BCUT2D eigenvalue weighted by molar-refractivity contribution is 6.15. The fourth-order valence-corrected chi connectivity index (χ4v) is 9.66. The molecule has 0 atom stereocenters. The number of hydrogen-bond acceptors (Lipinski definition) is 3. The van der Waals surface area contributed by atoms with Gasteiger partial charge in [-0.25, -0.2) is 9.97 Å². The molecule has 13 aromatic rings. The molecule has 5 heteroatoms. The van der Waals surface area contributed by atoms with Crippen molar-refractivity contribution in [1.82, 2.24) is 19.1 Å². The summed E-state index contributed by atoms with van der Waals surface area (Å²) < 4.78 is 11.4. The molecule has 0 unspecified atom stereocenters. The fourth-order valence-electron chi connectivity index (χ4n) is 9.66. The fraction of sp³-hybridized carbons (Fsp3) is 0. The number of hydrogen-bond donors (Lipinski definition) is 0. The molecule has 4 heterocycles. The Kier molecular flexibility index (Phi) is 7.84. The SMILES string of the molecule is c1ccc(-c2cc(-c3cccc4oc5cc(-n6c7ccccc7c7cc(-c8ccc9c(c8)c8ccccc8n9-c8ccccc8)ccc76)ccc5c34)nc(-c3ccccc3)n2)cc1. The van der Waals surface area contributed by atoms with Gasteiger partial charge in [0.2, 0.25) is 0 Å². The van der Waals surface area contributed by atoms with Crippen LogP contribution in [0.5, 0.6) is 0 Å². The minimum atomic E-state index is 0.685. The molecule has 0 radical (unpaired) electrons. The largest absolute Gasteiger partial charge is 0.456 e. The molecule has 63 heavy (non-hydrogen) atoms. The van der Waals surface area contributed by atoms with Crippen LogP contribution in [0.25, 0.3) is 122 Å². The van der Waals surface area contributed by atoms with E-state index in [1.807, 2.05) is 36.4 Å². The second-order valence-electron chi connectivity index (χ2n) is 16.2. The molecule has 4 aromatic heterocycles. The van der Waals surface area contributed by atoms with E-state index in [2.05, 4.69) is 191 Å². The van der Waals surface area contributed by atoms with E-state index in [0.29, 0.717) is 5.82 Å². The lowest BCUT2D eigenvalue weighted by atomic mass is 10.0. The van der Waals surface area contributed by atoms with E-state index in [4.69, 9.17) is 14.4 Å². The van der Waals surface area contributed by atoms with Gasteiger partial charge in [-0.05, 0) is 83.9 Å². The predicted octanol–water partition coefficient (Wildman–Crippen LogP) is 15.2. The van der Waals surface area contributed by atoms with Gasteiger partial charge in [-0.2, -0.15) is 0 Å². The molecule has 0 saturated carbocycles. The Bertz CT molecular complexity index is 3840. The summed E-state index contributed by atoms with van der Waals surface area (Å²) in [6.07, 6.45) is 0. The molecule has 0 N–H and O–H groups in total. The quantitative estimate of drug-likeness (QED) is 0.168. The number of fused-ring (bicyclic) bond motifs is 9. The summed E-state index contributed by atoms with van der Waals surface area (Å²) in [5.41, 5.74) is 15.6. The Morgan fingerprint density at radius 2 is 0.873 bits per heavy atom. The lowest BCUT2D eigenvalue weighted by Gasteiger charge is -2.10. The first-order valence-electron chi connectivity index (χ1n) is 21.3. The molecular formula is C58H36N4O. The van der Waals surface area contributed by atoms with Crippen LogP contribution in [0.4, 0.5) is 0 Å². The molecule has 0 fully saturated rings. The summed E-state index contributed by atoms with van der Waals surface area (Å²) >= 11 is 0. The standard InChI is InChI=1S/C58H36N4O/c1-4-15-37(16-5-1)49-36-50(60-58(59-49)38-17-6-2-7-18-38)45-23-14-26-55-57(45)46-30-29-42(35-56(46)63-55)62-52-25-13-11-22-44(52)48-34-40(28-32-54(48)62)39-27-31-53-47(33-39)43-21-10-12-24-51(43)61(53)41-19-8-3-9-20-41/h1-36H. The maximum atomic E-state index is 6.72. The number of benzene rings is 9. The van der Waals surface area contributed by atoms with E-state index in [1.54, 1.807) is 0 Å². The predicted molar refractivity (Wildman–Crippen MR) is 260 cm³/mol. The molecule has 0 aliphatic carbocycles. The van der Waals surface area contributed by atoms with E-state index >= 15 is 0 Å². The number of para-hydroxylation sites is 3. The van der Waals surface area contributed by atoms with E-state index in [9.17, 15) is 0 Å². The summed E-state index contributed by atoms with van der Waals surface area (Å²) in [7, 11) is 0. The average Bonchev–Trinajstić information content (AvgIpc) is 4.01. The summed E-state index contributed by atoms with van der Waals surface area (Å²) in [5, 5.41) is 6.97. The van der Waals surface area contributed by atoms with Crippen molar-refractivity contribution < 1.29 is 4.42 Å². The second-order valence-corrected chi connectivity index (χ2v) is 16.2. The lowest BCUT2D eigenvalue weighted by Crippen LogP contribution is -1.96. The smallest absolute Gasteiger partial charge is 0.160 e. The zero-order valence-corrected chi connectivity index (χ0v) is 34.0. The molecule has 0 saturated heterocycles. The monoisotopic (exact) mass is 804 g/mol. The first-order valence-corrected chi connectivity index (χ1v) is 21.3. The summed E-state index contributed by atoms with van der Waals surface area (Å²) in [4.78, 5) is 10.2.